The number of hydrogen-bond acceptors (Lipinski definition) is 5. The number of rotatable bonds is 1. The van der Waals surface area contributed by atoms with Crippen LogP contribution in [0.2, 0.25) is 0 Å². The third-order valence-corrected chi connectivity index (χ3v) is 1.73. The summed E-state index contributed by atoms with van der Waals surface area (Å²) < 4.78 is 4.71. The molecule has 0 saturated carbocycles. The maximum atomic E-state index is 9.05. The third kappa shape index (κ3) is 1.88. The molecule has 5 heteroatoms. The first-order chi connectivity index (χ1) is 5.15. The lowest BCUT2D eigenvalue weighted by molar-refractivity contribution is -0.251. The van der Waals surface area contributed by atoms with Crippen molar-refractivity contribution in [2.45, 2.75) is 31.0 Å². The van der Waals surface area contributed by atoms with E-state index < -0.39 is 24.6 Å². The Kier molecular flexibility index (Phi) is 2.80. The summed E-state index contributed by atoms with van der Waals surface area (Å²) in [6, 6.07) is 0. The summed E-state index contributed by atoms with van der Waals surface area (Å²) >= 11 is 0. The van der Waals surface area contributed by atoms with Gasteiger partial charge in [0.25, 0.3) is 0 Å². The molecule has 0 aromatic rings. The van der Waals surface area contributed by atoms with Crippen molar-refractivity contribution in [1.82, 2.24) is 0 Å². The lowest BCUT2D eigenvalue weighted by atomic mass is 10.0. The van der Waals surface area contributed by atoms with Gasteiger partial charge in [0.05, 0.1) is 18.8 Å². The summed E-state index contributed by atoms with van der Waals surface area (Å²) in [5, 5.41) is 35.5. The summed E-state index contributed by atoms with van der Waals surface area (Å²) in [6.07, 6.45) is -4.11. The van der Waals surface area contributed by atoms with Gasteiger partial charge in [-0.15, -0.1) is 0 Å². The second-order valence-electron chi connectivity index (χ2n) is 2.62. The lowest BCUT2D eigenvalue weighted by Gasteiger charge is -2.33. The Morgan fingerprint density at radius 1 is 1.27 bits per heavy atom. The standard InChI is InChI=1S/C6H12O5/c7-2-3-1-4(8)5(9)6(10)11-3/h3-10H,1-2H2/t3-,4-,5-,6+/m1/s1. The zero-order chi connectivity index (χ0) is 8.43. The van der Waals surface area contributed by atoms with Crippen molar-refractivity contribution in [3.05, 3.63) is 0 Å². The van der Waals surface area contributed by atoms with Gasteiger partial charge < -0.3 is 25.2 Å². The van der Waals surface area contributed by atoms with Crippen LogP contribution >= 0.6 is 0 Å². The summed E-state index contributed by atoms with van der Waals surface area (Å²) in [4.78, 5) is 0. The molecule has 1 aliphatic rings. The fourth-order valence-corrected chi connectivity index (χ4v) is 1.05. The third-order valence-electron chi connectivity index (χ3n) is 1.73. The van der Waals surface area contributed by atoms with Crippen LogP contribution in [0.5, 0.6) is 0 Å². The van der Waals surface area contributed by atoms with Crippen LogP contribution in [0, 0.1) is 0 Å². The smallest absolute Gasteiger partial charge is 0.183 e. The van der Waals surface area contributed by atoms with Gasteiger partial charge in [0, 0.05) is 6.42 Å². The maximum Gasteiger partial charge on any atom is 0.183 e. The van der Waals surface area contributed by atoms with Crippen molar-refractivity contribution in [3.63, 3.8) is 0 Å². The summed E-state index contributed by atoms with van der Waals surface area (Å²) in [6.45, 7) is -0.263. The highest BCUT2D eigenvalue weighted by molar-refractivity contribution is 4.79. The zero-order valence-corrected chi connectivity index (χ0v) is 5.92. The van der Waals surface area contributed by atoms with Crippen molar-refractivity contribution in [2.24, 2.45) is 0 Å². The largest absolute Gasteiger partial charge is 0.394 e. The van der Waals surface area contributed by atoms with E-state index in [2.05, 4.69) is 0 Å². The Bertz CT molecular complexity index is 116. The highest BCUT2D eigenvalue weighted by Gasteiger charge is 2.34. The van der Waals surface area contributed by atoms with E-state index in [0.717, 1.165) is 0 Å². The number of hydrogen-bond donors (Lipinski definition) is 4. The molecule has 4 N–H and O–H groups in total. The molecule has 1 heterocycles. The van der Waals surface area contributed by atoms with Crippen molar-refractivity contribution in [2.75, 3.05) is 6.61 Å². The van der Waals surface area contributed by atoms with E-state index >= 15 is 0 Å². The van der Waals surface area contributed by atoms with Gasteiger partial charge in [-0.25, -0.2) is 0 Å². The Morgan fingerprint density at radius 2 is 1.91 bits per heavy atom. The molecule has 0 amide bonds. The SMILES string of the molecule is OC[C@H]1C[C@@H](O)[C@@H](O)[C@@H](O)O1. The molecule has 1 fully saturated rings. The Balaban J connectivity index is 2.47. The Labute approximate surface area is 63.8 Å². The van der Waals surface area contributed by atoms with E-state index in [1.165, 1.54) is 0 Å². The van der Waals surface area contributed by atoms with Crippen LogP contribution in [0.4, 0.5) is 0 Å². The maximum absolute atomic E-state index is 9.05. The molecular weight excluding hydrogens is 152 g/mol. The first-order valence-electron chi connectivity index (χ1n) is 3.45. The molecule has 0 aromatic carbocycles. The van der Waals surface area contributed by atoms with E-state index in [1.807, 2.05) is 0 Å². The van der Waals surface area contributed by atoms with Crippen LogP contribution < -0.4 is 0 Å². The molecule has 0 spiro atoms. The fraction of sp³-hybridized carbons (Fsp3) is 1.00. The quantitative estimate of drug-likeness (QED) is 0.353. The number of aliphatic hydroxyl groups excluding tert-OH is 4. The molecular formula is C6H12O5. The Morgan fingerprint density at radius 3 is 2.36 bits per heavy atom. The van der Waals surface area contributed by atoms with E-state index in [4.69, 9.17) is 25.2 Å². The molecule has 0 bridgehead atoms. The summed E-state index contributed by atoms with van der Waals surface area (Å²) in [7, 11) is 0. The molecule has 4 atom stereocenters. The average Bonchev–Trinajstić information content (AvgIpc) is 1.99. The molecule has 1 aliphatic heterocycles. The van der Waals surface area contributed by atoms with Gasteiger partial charge in [0.15, 0.2) is 6.29 Å². The monoisotopic (exact) mass is 164 g/mol. The van der Waals surface area contributed by atoms with Gasteiger partial charge in [-0.3, -0.25) is 0 Å². The van der Waals surface area contributed by atoms with Crippen LogP contribution in [-0.4, -0.2) is 51.6 Å². The minimum Gasteiger partial charge on any atom is -0.394 e. The predicted octanol–water partition coefficient (Wildman–Crippen LogP) is -2.19. The normalized spacial score (nSPS) is 45.8. The molecule has 0 aliphatic carbocycles. The van der Waals surface area contributed by atoms with Gasteiger partial charge >= 0.3 is 0 Å². The summed E-state index contributed by atoms with van der Waals surface area (Å²) in [5.74, 6) is 0. The van der Waals surface area contributed by atoms with Crippen LogP contribution in [-0.2, 0) is 4.74 Å². The van der Waals surface area contributed by atoms with Crippen molar-refractivity contribution < 1.29 is 25.2 Å². The minimum absolute atomic E-state index is 0.148. The number of ether oxygens (including phenoxy) is 1. The summed E-state index contributed by atoms with van der Waals surface area (Å²) in [5.41, 5.74) is 0. The molecule has 0 unspecified atom stereocenters. The minimum atomic E-state index is -1.39. The lowest BCUT2D eigenvalue weighted by Crippen LogP contribution is -2.49. The van der Waals surface area contributed by atoms with Gasteiger partial charge in [0.2, 0.25) is 0 Å². The first kappa shape index (κ1) is 8.89. The Hall–Kier alpha value is -0.200. The highest BCUT2D eigenvalue weighted by atomic mass is 16.6. The molecule has 1 rings (SSSR count). The zero-order valence-electron chi connectivity index (χ0n) is 5.92. The van der Waals surface area contributed by atoms with Crippen molar-refractivity contribution in [3.8, 4) is 0 Å². The van der Waals surface area contributed by atoms with Crippen LogP contribution in [0.15, 0.2) is 0 Å². The second-order valence-corrected chi connectivity index (χ2v) is 2.62. The molecule has 66 valence electrons. The number of aliphatic hydroxyl groups is 4. The topological polar surface area (TPSA) is 90.2 Å². The van der Waals surface area contributed by atoms with Gasteiger partial charge in [-0.05, 0) is 0 Å². The molecule has 5 nitrogen and oxygen atoms in total. The van der Waals surface area contributed by atoms with E-state index in [9.17, 15) is 0 Å². The second kappa shape index (κ2) is 3.46. The first-order valence-corrected chi connectivity index (χ1v) is 3.45. The van der Waals surface area contributed by atoms with Gasteiger partial charge in [0.1, 0.15) is 6.10 Å². The van der Waals surface area contributed by atoms with E-state index in [-0.39, 0.29) is 13.0 Å². The highest BCUT2D eigenvalue weighted by Crippen LogP contribution is 2.17. The molecule has 0 aromatic heterocycles. The van der Waals surface area contributed by atoms with Crippen LogP contribution in [0.3, 0.4) is 0 Å². The van der Waals surface area contributed by atoms with Crippen LogP contribution in [0.1, 0.15) is 6.42 Å². The van der Waals surface area contributed by atoms with Gasteiger partial charge in [-0.2, -0.15) is 0 Å². The van der Waals surface area contributed by atoms with Gasteiger partial charge in [-0.1, -0.05) is 0 Å². The molecule has 11 heavy (non-hydrogen) atoms. The molecule has 0 radical (unpaired) electrons. The van der Waals surface area contributed by atoms with E-state index in [0.29, 0.717) is 0 Å². The van der Waals surface area contributed by atoms with Crippen LogP contribution in [0.25, 0.3) is 0 Å². The van der Waals surface area contributed by atoms with E-state index in [1.54, 1.807) is 0 Å². The van der Waals surface area contributed by atoms with Crippen molar-refractivity contribution >= 4 is 0 Å². The fourth-order valence-electron chi connectivity index (χ4n) is 1.05. The average molecular weight is 164 g/mol. The van der Waals surface area contributed by atoms with Crippen molar-refractivity contribution in [1.29, 1.82) is 0 Å². The predicted molar refractivity (Wildman–Crippen MR) is 34.6 cm³/mol. The molecule has 1 saturated heterocycles.